The number of ether oxygens (including phenoxy) is 1. The first-order valence-electron chi connectivity index (χ1n) is 6.07. The monoisotopic (exact) mass is 341 g/mol. The van der Waals surface area contributed by atoms with E-state index in [1.807, 2.05) is 0 Å². The first kappa shape index (κ1) is 14.9. The molecule has 0 radical (unpaired) electrons. The first-order valence-corrected chi connectivity index (χ1v) is 6.87. The van der Waals surface area contributed by atoms with E-state index in [1.165, 1.54) is 12.1 Å². The molecule has 0 unspecified atom stereocenters. The highest BCUT2D eigenvalue weighted by atomic mass is 79.9. The van der Waals surface area contributed by atoms with E-state index in [0.29, 0.717) is 16.8 Å². The molecular formula is C15H14BrF2NO. The molecule has 2 aromatic carbocycles. The van der Waals surface area contributed by atoms with Crippen molar-refractivity contribution in [2.45, 2.75) is 12.5 Å². The predicted molar refractivity (Wildman–Crippen MR) is 77.9 cm³/mol. The minimum Gasteiger partial charge on any atom is -0.486 e. The Morgan fingerprint density at radius 1 is 1.10 bits per heavy atom. The van der Waals surface area contributed by atoms with Crippen molar-refractivity contribution in [3.05, 3.63) is 64.1 Å². The minimum absolute atomic E-state index is 0.0605. The Hall–Kier alpha value is -1.46. The molecule has 0 aliphatic carbocycles. The molecule has 2 aromatic rings. The van der Waals surface area contributed by atoms with Crippen LogP contribution in [0.1, 0.15) is 11.1 Å². The topological polar surface area (TPSA) is 35.2 Å². The molecule has 0 aliphatic rings. The van der Waals surface area contributed by atoms with Crippen molar-refractivity contribution in [1.82, 2.24) is 0 Å². The van der Waals surface area contributed by atoms with E-state index < -0.39 is 12.5 Å². The van der Waals surface area contributed by atoms with Gasteiger partial charge >= 0.3 is 5.92 Å². The molecule has 0 saturated heterocycles. The van der Waals surface area contributed by atoms with Gasteiger partial charge in [0.05, 0.1) is 4.47 Å². The van der Waals surface area contributed by atoms with Gasteiger partial charge in [0.1, 0.15) is 5.75 Å². The second-order valence-electron chi connectivity index (χ2n) is 4.33. The molecule has 0 bridgehead atoms. The summed E-state index contributed by atoms with van der Waals surface area (Å²) >= 11 is 3.29. The zero-order valence-electron chi connectivity index (χ0n) is 10.7. The highest BCUT2D eigenvalue weighted by Gasteiger charge is 2.32. The van der Waals surface area contributed by atoms with Crippen LogP contribution in [0.3, 0.4) is 0 Å². The second-order valence-corrected chi connectivity index (χ2v) is 5.18. The lowest BCUT2D eigenvalue weighted by Crippen LogP contribution is -2.23. The lowest BCUT2D eigenvalue weighted by molar-refractivity contribution is -0.0469. The van der Waals surface area contributed by atoms with Gasteiger partial charge in [0.2, 0.25) is 0 Å². The van der Waals surface area contributed by atoms with Gasteiger partial charge in [-0.05, 0) is 33.6 Å². The molecule has 20 heavy (non-hydrogen) atoms. The molecule has 2 nitrogen and oxygen atoms in total. The number of hydrogen-bond acceptors (Lipinski definition) is 2. The van der Waals surface area contributed by atoms with Crippen molar-refractivity contribution in [2.24, 2.45) is 5.73 Å². The van der Waals surface area contributed by atoms with Gasteiger partial charge in [-0.3, -0.25) is 0 Å². The molecule has 0 spiro atoms. The van der Waals surface area contributed by atoms with Gasteiger partial charge in [-0.25, -0.2) is 0 Å². The summed E-state index contributed by atoms with van der Waals surface area (Å²) in [5, 5.41) is 0. The van der Waals surface area contributed by atoms with E-state index >= 15 is 0 Å². The van der Waals surface area contributed by atoms with Crippen molar-refractivity contribution in [3.8, 4) is 5.75 Å². The lowest BCUT2D eigenvalue weighted by Gasteiger charge is -2.18. The molecule has 0 aliphatic heterocycles. The summed E-state index contributed by atoms with van der Waals surface area (Å²) in [6.07, 6.45) is 0. The summed E-state index contributed by atoms with van der Waals surface area (Å²) in [5.41, 5.74) is 6.35. The van der Waals surface area contributed by atoms with E-state index in [1.54, 1.807) is 36.4 Å². The fourth-order valence-corrected chi connectivity index (χ4v) is 2.26. The summed E-state index contributed by atoms with van der Waals surface area (Å²) in [5.74, 6) is -2.66. The van der Waals surface area contributed by atoms with Crippen LogP contribution in [0.4, 0.5) is 8.78 Å². The molecular weight excluding hydrogens is 328 g/mol. The molecule has 0 aromatic heterocycles. The Morgan fingerprint density at radius 2 is 1.80 bits per heavy atom. The molecule has 2 rings (SSSR count). The largest absolute Gasteiger partial charge is 0.486 e. The minimum atomic E-state index is -3.03. The Balaban J connectivity index is 2.08. The Labute approximate surface area is 124 Å². The second kappa shape index (κ2) is 6.33. The number of hydrogen-bond donors (Lipinski definition) is 1. The number of alkyl halides is 2. The zero-order valence-corrected chi connectivity index (χ0v) is 12.2. The molecule has 5 heteroatoms. The van der Waals surface area contributed by atoms with Gasteiger partial charge in [0.25, 0.3) is 0 Å². The molecule has 2 N–H and O–H groups in total. The third kappa shape index (κ3) is 3.55. The summed E-state index contributed by atoms with van der Waals surface area (Å²) < 4.78 is 33.7. The Kier molecular flexibility index (Phi) is 4.73. The predicted octanol–water partition coefficient (Wildman–Crippen LogP) is 4.08. The summed E-state index contributed by atoms with van der Waals surface area (Å²) in [7, 11) is 0. The van der Waals surface area contributed by atoms with Crippen molar-refractivity contribution < 1.29 is 13.5 Å². The smallest absolute Gasteiger partial charge is 0.306 e. The maximum atomic E-state index is 14.0. The van der Waals surface area contributed by atoms with E-state index in [0.717, 1.165) is 5.56 Å². The Morgan fingerprint density at radius 3 is 2.40 bits per heavy atom. The van der Waals surface area contributed by atoms with Crippen molar-refractivity contribution in [2.75, 3.05) is 6.61 Å². The average molecular weight is 342 g/mol. The average Bonchev–Trinajstić information content (AvgIpc) is 2.47. The van der Waals surface area contributed by atoms with Crippen molar-refractivity contribution in [3.63, 3.8) is 0 Å². The van der Waals surface area contributed by atoms with Crippen LogP contribution in [0.2, 0.25) is 0 Å². The summed E-state index contributed by atoms with van der Waals surface area (Å²) in [6.45, 7) is -0.323. The van der Waals surface area contributed by atoms with Gasteiger partial charge in [0.15, 0.2) is 6.61 Å². The normalized spacial score (nSPS) is 11.4. The number of benzene rings is 2. The lowest BCUT2D eigenvalue weighted by atomic mass is 10.1. The SMILES string of the molecule is NCc1ccc(OCC(F)(F)c2ccccc2)c(Br)c1. The third-order valence-corrected chi connectivity index (χ3v) is 3.46. The quantitative estimate of drug-likeness (QED) is 0.889. The van der Waals surface area contributed by atoms with Crippen molar-refractivity contribution >= 4 is 15.9 Å². The zero-order chi connectivity index (χ0) is 14.6. The van der Waals surface area contributed by atoms with Crippen LogP contribution < -0.4 is 10.5 Å². The van der Waals surface area contributed by atoms with Crippen LogP contribution in [-0.4, -0.2) is 6.61 Å². The van der Waals surface area contributed by atoms with E-state index in [4.69, 9.17) is 10.5 Å². The van der Waals surface area contributed by atoms with Gasteiger partial charge in [-0.2, -0.15) is 8.78 Å². The van der Waals surface area contributed by atoms with Crippen molar-refractivity contribution in [1.29, 1.82) is 0 Å². The van der Waals surface area contributed by atoms with Crippen LogP contribution in [0.15, 0.2) is 53.0 Å². The van der Waals surface area contributed by atoms with Crippen LogP contribution in [0.25, 0.3) is 0 Å². The van der Waals surface area contributed by atoms with Gasteiger partial charge in [-0.1, -0.05) is 36.4 Å². The molecule has 0 amide bonds. The molecule has 106 valence electrons. The number of nitrogens with two attached hydrogens (primary N) is 1. The van der Waals surface area contributed by atoms with E-state index in [2.05, 4.69) is 15.9 Å². The van der Waals surface area contributed by atoms with E-state index in [-0.39, 0.29) is 5.56 Å². The van der Waals surface area contributed by atoms with Crippen LogP contribution >= 0.6 is 15.9 Å². The molecule has 0 heterocycles. The fourth-order valence-electron chi connectivity index (χ4n) is 1.72. The maximum Gasteiger partial charge on any atom is 0.306 e. The number of halogens is 3. The van der Waals surface area contributed by atoms with Crippen LogP contribution in [-0.2, 0) is 12.5 Å². The van der Waals surface area contributed by atoms with Gasteiger partial charge in [0, 0.05) is 12.1 Å². The molecule has 0 fully saturated rings. The maximum absolute atomic E-state index is 14.0. The summed E-state index contributed by atoms with van der Waals surface area (Å²) in [4.78, 5) is 0. The van der Waals surface area contributed by atoms with Crippen LogP contribution in [0, 0.1) is 0 Å². The van der Waals surface area contributed by atoms with Gasteiger partial charge < -0.3 is 10.5 Å². The highest BCUT2D eigenvalue weighted by molar-refractivity contribution is 9.10. The van der Waals surface area contributed by atoms with Gasteiger partial charge in [-0.15, -0.1) is 0 Å². The highest BCUT2D eigenvalue weighted by Crippen LogP contribution is 2.31. The number of rotatable bonds is 5. The Bertz CT molecular complexity index is 575. The summed E-state index contributed by atoms with van der Waals surface area (Å²) in [6, 6.07) is 12.8. The van der Waals surface area contributed by atoms with Crippen LogP contribution in [0.5, 0.6) is 5.75 Å². The van der Waals surface area contributed by atoms with E-state index in [9.17, 15) is 8.78 Å². The third-order valence-electron chi connectivity index (χ3n) is 2.84. The molecule has 0 atom stereocenters. The molecule has 0 saturated carbocycles. The first-order chi connectivity index (χ1) is 9.53. The standard InChI is InChI=1S/C15H14BrF2NO/c16-13-8-11(9-19)6-7-14(13)20-10-15(17,18)12-4-2-1-3-5-12/h1-8H,9-10,19H2. The fraction of sp³-hybridized carbons (Fsp3) is 0.200.